The van der Waals surface area contributed by atoms with Gasteiger partial charge in [-0.05, 0) is 25.5 Å². The van der Waals surface area contributed by atoms with E-state index in [1.54, 1.807) is 0 Å². The molecule has 0 aromatic heterocycles. The Balaban J connectivity index is 0.00000121. The minimum Gasteiger partial charge on any atom is -0.385 e. The number of hydrogen-bond donors (Lipinski definition) is 2. The molecule has 0 aromatic carbocycles. The van der Waals surface area contributed by atoms with E-state index in [-0.39, 0.29) is 5.92 Å². The Bertz CT molecular complexity index is 281. The minimum atomic E-state index is -0.733. The third-order valence-corrected chi connectivity index (χ3v) is 3.11. The Labute approximate surface area is 106 Å². The molecule has 0 aromatic rings. The van der Waals surface area contributed by atoms with Crippen molar-refractivity contribution in [1.29, 1.82) is 0 Å². The molecule has 1 heterocycles. The maximum atomic E-state index is 10.5. The van der Waals surface area contributed by atoms with E-state index in [0.29, 0.717) is 0 Å². The van der Waals surface area contributed by atoms with Gasteiger partial charge in [0.25, 0.3) is 0 Å². The van der Waals surface area contributed by atoms with Gasteiger partial charge in [0.15, 0.2) is 0 Å². The zero-order valence-corrected chi connectivity index (χ0v) is 11.7. The predicted molar refractivity (Wildman–Crippen MR) is 76.0 cm³/mol. The summed E-state index contributed by atoms with van der Waals surface area (Å²) in [5.74, 6) is 0.217. The normalized spacial score (nSPS) is 29.1. The first kappa shape index (κ1) is 16.1. The Morgan fingerprint density at radius 3 is 2.59 bits per heavy atom. The predicted octanol–water partition coefficient (Wildman–Crippen LogP) is 3.06. The summed E-state index contributed by atoms with van der Waals surface area (Å²) in [6, 6.07) is 0. The van der Waals surface area contributed by atoms with Crippen molar-refractivity contribution in [3.05, 3.63) is 36.5 Å². The minimum absolute atomic E-state index is 0.217. The number of allylic oxidation sites excluding steroid dienone is 3. The second-order valence-electron chi connectivity index (χ2n) is 4.19. The molecule has 2 nitrogen and oxygen atoms in total. The summed E-state index contributed by atoms with van der Waals surface area (Å²) in [5.41, 5.74) is 0.0816. The number of piperidine rings is 1. The Kier molecular flexibility index (Phi) is 7.85. The van der Waals surface area contributed by atoms with Crippen molar-refractivity contribution in [2.24, 2.45) is 5.92 Å². The summed E-state index contributed by atoms with van der Waals surface area (Å²) in [6.45, 7) is 13.7. The lowest BCUT2D eigenvalue weighted by Crippen LogP contribution is -2.49. The summed E-state index contributed by atoms with van der Waals surface area (Å²) in [6.07, 6.45) is 8.48. The van der Waals surface area contributed by atoms with Crippen molar-refractivity contribution in [3.8, 4) is 0 Å². The molecule has 1 aliphatic rings. The molecular weight excluding hydrogens is 210 g/mol. The van der Waals surface area contributed by atoms with Gasteiger partial charge in [-0.25, -0.2) is 0 Å². The summed E-state index contributed by atoms with van der Waals surface area (Å²) < 4.78 is 0. The summed E-state index contributed by atoms with van der Waals surface area (Å²) in [5, 5.41) is 13.8. The van der Waals surface area contributed by atoms with Crippen molar-refractivity contribution in [1.82, 2.24) is 5.32 Å². The average molecular weight is 237 g/mol. The van der Waals surface area contributed by atoms with Crippen LogP contribution in [0, 0.1) is 5.92 Å². The molecule has 1 aliphatic heterocycles. The van der Waals surface area contributed by atoms with Crippen LogP contribution >= 0.6 is 0 Å². The van der Waals surface area contributed by atoms with Gasteiger partial charge < -0.3 is 10.4 Å². The van der Waals surface area contributed by atoms with E-state index in [0.717, 1.165) is 25.1 Å². The highest BCUT2D eigenvalue weighted by molar-refractivity contribution is 5.29. The molecule has 2 heteroatoms. The molecule has 0 amide bonds. The van der Waals surface area contributed by atoms with E-state index in [2.05, 4.69) is 18.8 Å². The third kappa shape index (κ3) is 4.49. The van der Waals surface area contributed by atoms with Gasteiger partial charge in [0, 0.05) is 12.5 Å². The van der Waals surface area contributed by atoms with Crippen LogP contribution in [-0.4, -0.2) is 23.8 Å². The van der Waals surface area contributed by atoms with Crippen LogP contribution in [-0.2, 0) is 0 Å². The molecule has 2 N–H and O–H groups in total. The van der Waals surface area contributed by atoms with Gasteiger partial charge in [0.1, 0.15) is 0 Å². The lowest BCUT2D eigenvalue weighted by molar-refractivity contribution is 0.00411. The smallest absolute Gasteiger partial charge is 0.0940 e. The van der Waals surface area contributed by atoms with Crippen LogP contribution in [0.15, 0.2) is 36.5 Å². The fourth-order valence-electron chi connectivity index (χ4n) is 1.92. The first-order valence-corrected chi connectivity index (χ1v) is 6.53. The largest absolute Gasteiger partial charge is 0.385 e. The van der Waals surface area contributed by atoms with E-state index in [9.17, 15) is 5.11 Å². The average Bonchev–Trinajstić information content (AvgIpc) is 2.35. The van der Waals surface area contributed by atoms with Crippen LogP contribution in [0.4, 0.5) is 0 Å². The Hall–Kier alpha value is -0.860. The topological polar surface area (TPSA) is 32.3 Å². The molecule has 1 saturated heterocycles. The van der Waals surface area contributed by atoms with Crippen LogP contribution in [0.5, 0.6) is 0 Å². The number of nitrogens with one attached hydrogen (secondary N) is 1. The van der Waals surface area contributed by atoms with Gasteiger partial charge in [0.05, 0.1) is 5.60 Å². The molecule has 0 saturated carbocycles. The molecule has 1 rings (SSSR count). The number of aliphatic hydroxyl groups is 1. The SMILES string of the molecule is C=C(/C=C\C=C/C)C1(O)CCNCC1C.CC. The van der Waals surface area contributed by atoms with Gasteiger partial charge in [-0.1, -0.05) is 51.7 Å². The standard InChI is InChI=1S/C13H21NO.C2H6/c1-4-5-6-7-11(2)13(15)8-9-14-10-12(13)3;1-2/h4-7,12,14-15H,2,8-10H2,1,3H3;1-2H3/b5-4-,7-6-;. The molecular formula is C15H27NO. The zero-order valence-electron chi connectivity index (χ0n) is 11.7. The molecule has 2 unspecified atom stereocenters. The summed E-state index contributed by atoms with van der Waals surface area (Å²) in [7, 11) is 0. The molecule has 17 heavy (non-hydrogen) atoms. The molecule has 0 aliphatic carbocycles. The highest BCUT2D eigenvalue weighted by atomic mass is 16.3. The van der Waals surface area contributed by atoms with E-state index >= 15 is 0 Å². The van der Waals surface area contributed by atoms with E-state index < -0.39 is 5.60 Å². The van der Waals surface area contributed by atoms with Crippen molar-refractivity contribution in [3.63, 3.8) is 0 Å². The van der Waals surface area contributed by atoms with Crippen LogP contribution in [0.3, 0.4) is 0 Å². The molecule has 98 valence electrons. The van der Waals surface area contributed by atoms with Crippen LogP contribution in [0.25, 0.3) is 0 Å². The maximum Gasteiger partial charge on any atom is 0.0940 e. The van der Waals surface area contributed by atoms with Crippen molar-refractivity contribution < 1.29 is 5.11 Å². The summed E-state index contributed by atoms with van der Waals surface area (Å²) >= 11 is 0. The van der Waals surface area contributed by atoms with Gasteiger partial charge in [0.2, 0.25) is 0 Å². The van der Waals surface area contributed by atoms with Gasteiger partial charge in [-0.2, -0.15) is 0 Å². The second-order valence-corrected chi connectivity index (χ2v) is 4.19. The second kappa shape index (κ2) is 8.26. The van der Waals surface area contributed by atoms with Crippen molar-refractivity contribution >= 4 is 0 Å². The van der Waals surface area contributed by atoms with Gasteiger partial charge in [-0.15, -0.1) is 0 Å². The Morgan fingerprint density at radius 1 is 1.41 bits per heavy atom. The fraction of sp³-hybridized carbons (Fsp3) is 0.600. The number of hydrogen-bond acceptors (Lipinski definition) is 2. The zero-order chi connectivity index (χ0) is 13.3. The van der Waals surface area contributed by atoms with Crippen LogP contribution in [0.2, 0.25) is 0 Å². The van der Waals surface area contributed by atoms with Gasteiger partial charge in [-0.3, -0.25) is 0 Å². The lowest BCUT2D eigenvalue weighted by atomic mass is 9.77. The quantitative estimate of drug-likeness (QED) is 0.739. The van der Waals surface area contributed by atoms with E-state index in [1.165, 1.54) is 0 Å². The lowest BCUT2D eigenvalue weighted by Gasteiger charge is -2.39. The van der Waals surface area contributed by atoms with Crippen molar-refractivity contribution in [2.45, 2.75) is 39.7 Å². The highest BCUT2D eigenvalue weighted by Crippen LogP contribution is 2.31. The van der Waals surface area contributed by atoms with Crippen molar-refractivity contribution in [2.75, 3.05) is 13.1 Å². The van der Waals surface area contributed by atoms with Crippen LogP contribution < -0.4 is 5.32 Å². The van der Waals surface area contributed by atoms with Gasteiger partial charge >= 0.3 is 0 Å². The first-order valence-electron chi connectivity index (χ1n) is 6.53. The maximum absolute atomic E-state index is 10.5. The summed E-state index contributed by atoms with van der Waals surface area (Å²) in [4.78, 5) is 0. The molecule has 0 bridgehead atoms. The van der Waals surface area contributed by atoms with E-state index in [4.69, 9.17) is 0 Å². The van der Waals surface area contributed by atoms with Crippen LogP contribution in [0.1, 0.15) is 34.1 Å². The third-order valence-electron chi connectivity index (χ3n) is 3.11. The van der Waals surface area contributed by atoms with E-state index in [1.807, 2.05) is 45.1 Å². The molecule has 0 radical (unpaired) electrons. The monoisotopic (exact) mass is 237 g/mol. The first-order chi connectivity index (χ1) is 8.11. The fourth-order valence-corrected chi connectivity index (χ4v) is 1.92. The molecule has 1 fully saturated rings. The number of rotatable bonds is 3. The molecule has 2 atom stereocenters. The Morgan fingerprint density at radius 2 is 2.06 bits per heavy atom. The highest BCUT2D eigenvalue weighted by Gasteiger charge is 2.37. The molecule has 0 spiro atoms.